The predicted molar refractivity (Wildman–Crippen MR) is 117 cm³/mol. The molecule has 1 amide bonds. The molecule has 2 aliphatic heterocycles. The van der Waals surface area contributed by atoms with Gasteiger partial charge in [-0.2, -0.15) is 0 Å². The molecule has 2 bridgehead atoms. The number of rotatable bonds is 5. The van der Waals surface area contributed by atoms with Gasteiger partial charge in [0.1, 0.15) is 10.6 Å². The van der Waals surface area contributed by atoms with Crippen molar-refractivity contribution in [3.05, 3.63) is 54.0 Å². The van der Waals surface area contributed by atoms with Gasteiger partial charge in [0.2, 0.25) is 5.06 Å². The number of amides is 1. The molecule has 31 heavy (non-hydrogen) atoms. The Hall–Kier alpha value is -2.71. The van der Waals surface area contributed by atoms with E-state index in [0.717, 1.165) is 48.0 Å². The smallest absolute Gasteiger partial charge is 0.413 e. The summed E-state index contributed by atoms with van der Waals surface area (Å²) in [6.45, 7) is 0.818. The van der Waals surface area contributed by atoms with Gasteiger partial charge >= 0.3 is 6.09 Å². The van der Waals surface area contributed by atoms with Gasteiger partial charge in [0.25, 0.3) is 0 Å². The molecule has 2 saturated heterocycles. The third-order valence-electron chi connectivity index (χ3n) is 6.26. The number of piperidine rings is 1. The monoisotopic (exact) mass is 441 g/mol. The molecule has 3 aromatic rings. The van der Waals surface area contributed by atoms with Gasteiger partial charge in [-0.1, -0.05) is 23.5 Å². The topological polar surface area (TPSA) is 63.7 Å². The van der Waals surface area contributed by atoms with Crippen LogP contribution in [0, 0.1) is 5.82 Å². The van der Waals surface area contributed by atoms with Crippen LogP contribution in [0.5, 0.6) is 10.8 Å². The predicted octanol–water partition coefficient (Wildman–Crippen LogP) is 4.73. The fourth-order valence-corrected chi connectivity index (χ4v) is 5.84. The number of methoxy groups -OCH3 is 1. The number of thiophene rings is 1. The molecule has 1 N–H and O–H groups in total. The van der Waals surface area contributed by atoms with E-state index in [-0.39, 0.29) is 11.9 Å². The fraction of sp³-hybridized carbons (Fsp3) is 0.391. The zero-order chi connectivity index (χ0) is 21.4. The van der Waals surface area contributed by atoms with Crippen molar-refractivity contribution in [2.75, 3.05) is 7.11 Å². The van der Waals surface area contributed by atoms with E-state index in [1.165, 1.54) is 23.5 Å². The zero-order valence-electron chi connectivity index (χ0n) is 17.2. The molecule has 5 rings (SSSR count). The van der Waals surface area contributed by atoms with Crippen molar-refractivity contribution in [3.63, 3.8) is 0 Å². The summed E-state index contributed by atoms with van der Waals surface area (Å²) in [6, 6.07) is 11.4. The standard InChI is InChI=1S/C23H24FN3O3S/c1-29-20-19-3-2-10-25-21(19)31-22(20)30-23(28)26-16-11-17-8-9-18(12-16)27(17)13-14-4-6-15(24)7-5-14/h2-7,10,16-18H,8-9,11-13H2,1H3,(H,26,28). The molecule has 2 aromatic heterocycles. The summed E-state index contributed by atoms with van der Waals surface area (Å²) in [5.41, 5.74) is 1.12. The Morgan fingerprint density at radius 3 is 2.68 bits per heavy atom. The van der Waals surface area contributed by atoms with Crippen LogP contribution in [0.2, 0.25) is 0 Å². The number of nitrogens with one attached hydrogen (secondary N) is 1. The number of carbonyl (C=O) groups excluding carboxylic acids is 1. The van der Waals surface area contributed by atoms with E-state index in [2.05, 4.69) is 15.2 Å². The molecule has 162 valence electrons. The first kappa shape index (κ1) is 20.2. The highest BCUT2D eigenvalue weighted by molar-refractivity contribution is 7.20. The number of pyridine rings is 1. The largest absolute Gasteiger partial charge is 0.491 e. The Labute approximate surface area is 184 Å². The third kappa shape index (κ3) is 4.09. The molecular weight excluding hydrogens is 417 g/mol. The quantitative estimate of drug-likeness (QED) is 0.620. The number of aromatic nitrogens is 1. The highest BCUT2D eigenvalue weighted by atomic mass is 32.1. The molecule has 8 heteroatoms. The van der Waals surface area contributed by atoms with Gasteiger partial charge in [0.05, 0.1) is 12.5 Å². The highest BCUT2D eigenvalue weighted by Gasteiger charge is 2.41. The van der Waals surface area contributed by atoms with Crippen molar-refractivity contribution >= 4 is 27.6 Å². The average Bonchev–Trinajstić information content (AvgIpc) is 3.22. The Morgan fingerprint density at radius 2 is 1.97 bits per heavy atom. The van der Waals surface area contributed by atoms with Gasteiger partial charge in [0.15, 0.2) is 5.75 Å². The number of ether oxygens (including phenoxy) is 2. The van der Waals surface area contributed by atoms with Crippen LogP contribution >= 0.6 is 11.3 Å². The number of hydrogen-bond acceptors (Lipinski definition) is 6. The molecule has 2 unspecified atom stereocenters. The van der Waals surface area contributed by atoms with Crippen molar-refractivity contribution in [1.82, 2.24) is 15.2 Å². The summed E-state index contributed by atoms with van der Waals surface area (Å²) < 4.78 is 24.2. The summed E-state index contributed by atoms with van der Waals surface area (Å²) in [4.78, 5) is 20.2. The van der Waals surface area contributed by atoms with Crippen LogP contribution in [0.4, 0.5) is 9.18 Å². The molecule has 2 fully saturated rings. The Kier molecular flexibility index (Phi) is 5.50. The van der Waals surface area contributed by atoms with Crippen molar-refractivity contribution in [2.45, 2.75) is 50.4 Å². The lowest BCUT2D eigenvalue weighted by Gasteiger charge is -2.39. The number of benzene rings is 1. The van der Waals surface area contributed by atoms with E-state index in [1.54, 1.807) is 13.3 Å². The minimum absolute atomic E-state index is 0.0768. The first-order valence-corrected chi connectivity index (χ1v) is 11.3. The molecule has 2 aliphatic rings. The molecule has 0 spiro atoms. The SMILES string of the molecule is COc1c(OC(=O)NC2CC3CCC(C2)N3Cc2ccc(F)cc2)sc2ncccc12. The highest BCUT2D eigenvalue weighted by Crippen LogP contribution is 2.43. The Morgan fingerprint density at radius 1 is 1.23 bits per heavy atom. The first-order valence-electron chi connectivity index (χ1n) is 10.5. The number of fused-ring (bicyclic) bond motifs is 3. The molecule has 6 nitrogen and oxygen atoms in total. The van der Waals surface area contributed by atoms with Crippen molar-refractivity contribution in [1.29, 1.82) is 0 Å². The maximum absolute atomic E-state index is 13.2. The van der Waals surface area contributed by atoms with Crippen molar-refractivity contribution in [2.24, 2.45) is 0 Å². The summed E-state index contributed by atoms with van der Waals surface area (Å²) in [6.07, 6.45) is 5.26. The molecule has 0 saturated carbocycles. The lowest BCUT2D eigenvalue weighted by molar-refractivity contribution is 0.107. The molecule has 0 aliphatic carbocycles. The summed E-state index contributed by atoms with van der Waals surface area (Å²) in [7, 11) is 1.56. The van der Waals surface area contributed by atoms with Crippen LogP contribution in [0.1, 0.15) is 31.2 Å². The zero-order valence-corrected chi connectivity index (χ0v) is 18.0. The fourth-order valence-electron chi connectivity index (χ4n) is 4.88. The van der Waals surface area contributed by atoms with Crippen LogP contribution in [0.3, 0.4) is 0 Å². The lowest BCUT2D eigenvalue weighted by atomic mass is 9.96. The second-order valence-corrected chi connectivity index (χ2v) is 9.13. The molecule has 2 atom stereocenters. The van der Waals surface area contributed by atoms with Gasteiger partial charge in [-0.15, -0.1) is 0 Å². The van der Waals surface area contributed by atoms with Crippen molar-refractivity contribution in [3.8, 4) is 10.8 Å². The molecule has 0 radical (unpaired) electrons. The normalized spacial score (nSPS) is 23.1. The van der Waals surface area contributed by atoms with Crippen molar-refractivity contribution < 1.29 is 18.7 Å². The van der Waals surface area contributed by atoms with Gasteiger partial charge in [-0.05, 0) is 55.5 Å². The van der Waals surface area contributed by atoms with E-state index in [4.69, 9.17) is 9.47 Å². The second-order valence-electron chi connectivity index (χ2n) is 8.16. The summed E-state index contributed by atoms with van der Waals surface area (Å²) >= 11 is 1.30. The summed E-state index contributed by atoms with van der Waals surface area (Å²) in [5.74, 6) is 0.330. The average molecular weight is 442 g/mol. The number of carbonyl (C=O) groups is 1. The third-order valence-corrected chi connectivity index (χ3v) is 7.24. The van der Waals surface area contributed by atoms with E-state index in [9.17, 15) is 9.18 Å². The summed E-state index contributed by atoms with van der Waals surface area (Å²) in [5, 5.41) is 4.31. The maximum Gasteiger partial charge on any atom is 0.413 e. The van der Waals surface area contributed by atoms with E-state index < -0.39 is 6.09 Å². The van der Waals surface area contributed by atoms with E-state index in [1.807, 2.05) is 24.3 Å². The van der Waals surface area contributed by atoms with Crippen LogP contribution in [0.25, 0.3) is 10.2 Å². The minimum Gasteiger partial charge on any atom is -0.491 e. The van der Waals surface area contributed by atoms with Gasteiger partial charge < -0.3 is 14.8 Å². The van der Waals surface area contributed by atoms with Crippen LogP contribution in [-0.4, -0.2) is 41.2 Å². The Balaban J connectivity index is 1.21. The number of halogens is 1. The number of hydrogen-bond donors (Lipinski definition) is 1. The minimum atomic E-state index is -0.457. The first-order chi connectivity index (χ1) is 15.1. The Bertz CT molecular complexity index is 1070. The number of nitrogens with zero attached hydrogens (tertiary/aromatic N) is 2. The molecule has 1 aromatic carbocycles. The van der Waals surface area contributed by atoms with Gasteiger partial charge in [-0.25, -0.2) is 14.2 Å². The second kappa shape index (κ2) is 8.43. The van der Waals surface area contributed by atoms with E-state index >= 15 is 0 Å². The lowest BCUT2D eigenvalue weighted by Crippen LogP contribution is -2.50. The van der Waals surface area contributed by atoms with Gasteiger partial charge in [-0.3, -0.25) is 4.90 Å². The molecular formula is C23H24FN3O3S. The van der Waals surface area contributed by atoms with E-state index in [0.29, 0.717) is 22.9 Å². The van der Waals surface area contributed by atoms with Gasteiger partial charge in [0, 0.05) is 30.9 Å². The molecule has 4 heterocycles. The van der Waals surface area contributed by atoms with Crippen LogP contribution < -0.4 is 14.8 Å². The van der Waals surface area contributed by atoms with Crippen LogP contribution in [0.15, 0.2) is 42.6 Å². The maximum atomic E-state index is 13.2. The van der Waals surface area contributed by atoms with Crippen LogP contribution in [-0.2, 0) is 6.54 Å².